The summed E-state index contributed by atoms with van der Waals surface area (Å²) in [4.78, 5) is 0. The average Bonchev–Trinajstić information content (AvgIpc) is 3.09. The molecule has 1 aliphatic rings. The Morgan fingerprint density at radius 1 is 1.30 bits per heavy atom. The summed E-state index contributed by atoms with van der Waals surface area (Å²) in [7, 11) is -1.55. The summed E-state index contributed by atoms with van der Waals surface area (Å²) in [5.41, 5.74) is 7.69. The van der Waals surface area contributed by atoms with Gasteiger partial charge in [-0.1, -0.05) is 31.2 Å². The molecule has 2 rings (SSSR count). The Bertz CT molecular complexity index is 567. The van der Waals surface area contributed by atoms with Crippen LogP contribution in [0, 0.1) is 5.41 Å². The van der Waals surface area contributed by atoms with Crippen LogP contribution in [0.5, 0.6) is 0 Å². The first-order valence-electron chi connectivity index (χ1n) is 6.87. The van der Waals surface area contributed by atoms with E-state index in [2.05, 4.69) is 19.1 Å². The molecule has 4 nitrogen and oxygen atoms in total. The van der Waals surface area contributed by atoms with Crippen LogP contribution in [0.3, 0.4) is 0 Å². The minimum atomic E-state index is -3.14. The predicted octanol–water partition coefficient (Wildman–Crippen LogP) is 1.35. The molecule has 1 aromatic carbocycles. The second-order valence-corrected chi connectivity index (χ2v) is 7.86. The molecule has 2 N–H and O–H groups in total. The maximum atomic E-state index is 12.0. The first-order valence-corrected chi connectivity index (χ1v) is 8.83. The topological polar surface area (TPSA) is 69.4 Å². The first-order chi connectivity index (χ1) is 9.40. The van der Waals surface area contributed by atoms with E-state index in [1.54, 1.807) is 7.11 Å². The van der Waals surface area contributed by atoms with E-state index >= 15 is 0 Å². The zero-order chi connectivity index (χ0) is 15.0. The third kappa shape index (κ3) is 2.50. The zero-order valence-electron chi connectivity index (χ0n) is 12.3. The lowest BCUT2D eigenvalue weighted by Gasteiger charge is -2.14. The van der Waals surface area contributed by atoms with Crippen molar-refractivity contribution in [2.75, 3.05) is 26.5 Å². The average molecular weight is 297 g/mol. The van der Waals surface area contributed by atoms with Crippen molar-refractivity contribution in [1.82, 2.24) is 0 Å². The van der Waals surface area contributed by atoms with Gasteiger partial charge in [-0.2, -0.15) is 0 Å². The number of nitrogens with two attached hydrogens (primary N) is 1. The van der Waals surface area contributed by atoms with Gasteiger partial charge >= 0.3 is 0 Å². The largest absolute Gasteiger partial charge is 0.384 e. The monoisotopic (exact) mass is 297 g/mol. The van der Waals surface area contributed by atoms with Crippen molar-refractivity contribution in [2.45, 2.75) is 24.5 Å². The molecule has 3 atom stereocenters. The summed E-state index contributed by atoms with van der Waals surface area (Å²) in [6.07, 6.45) is 2.26. The number of rotatable bonds is 6. The Hall–Kier alpha value is -0.910. The molecule has 0 unspecified atom stereocenters. The Labute approximate surface area is 121 Å². The number of ether oxygens (including phenoxy) is 1. The Balaban J connectivity index is 2.37. The fourth-order valence-electron chi connectivity index (χ4n) is 3.34. The standard InChI is InChI=1S/C15H23NO3S/c1-4-11-5-7-12(8-6-11)13-14(20(3,17)18)15(13,9-16)10-19-2/h5-8,13-14H,4,9-10,16H2,1-3H3/t13-,14+,15-/m0/s1. The summed E-state index contributed by atoms with van der Waals surface area (Å²) < 4.78 is 29.3. The van der Waals surface area contributed by atoms with Crippen LogP contribution >= 0.6 is 0 Å². The second-order valence-electron chi connectivity index (χ2n) is 5.69. The van der Waals surface area contributed by atoms with Gasteiger partial charge in [0.2, 0.25) is 0 Å². The number of hydrogen-bond acceptors (Lipinski definition) is 4. The van der Waals surface area contributed by atoms with Crippen LogP contribution in [0.4, 0.5) is 0 Å². The van der Waals surface area contributed by atoms with E-state index in [1.165, 1.54) is 11.8 Å². The second kappa shape index (κ2) is 5.47. The third-order valence-electron chi connectivity index (χ3n) is 4.38. The molecule has 0 bridgehead atoms. The van der Waals surface area contributed by atoms with Gasteiger partial charge in [0.1, 0.15) is 0 Å². The molecule has 0 aliphatic heterocycles. The van der Waals surface area contributed by atoms with Gasteiger partial charge in [0.25, 0.3) is 0 Å². The van der Waals surface area contributed by atoms with E-state index in [0.717, 1.165) is 12.0 Å². The zero-order valence-corrected chi connectivity index (χ0v) is 13.1. The Morgan fingerprint density at radius 3 is 2.30 bits per heavy atom. The molecule has 112 valence electrons. The summed E-state index contributed by atoms with van der Waals surface area (Å²) in [5, 5.41) is -0.438. The summed E-state index contributed by atoms with van der Waals surface area (Å²) in [6, 6.07) is 8.16. The highest BCUT2D eigenvalue weighted by molar-refractivity contribution is 7.91. The lowest BCUT2D eigenvalue weighted by Crippen LogP contribution is -2.28. The molecule has 0 spiro atoms. The number of aryl methyl sites for hydroxylation is 1. The number of benzene rings is 1. The van der Waals surface area contributed by atoms with Crippen LogP contribution in [0.15, 0.2) is 24.3 Å². The smallest absolute Gasteiger partial charge is 0.151 e. The molecule has 0 amide bonds. The van der Waals surface area contributed by atoms with Crippen molar-refractivity contribution in [1.29, 1.82) is 0 Å². The molecule has 1 aliphatic carbocycles. The van der Waals surface area contributed by atoms with Gasteiger partial charge in [-0.3, -0.25) is 0 Å². The van der Waals surface area contributed by atoms with Gasteiger partial charge < -0.3 is 10.5 Å². The van der Waals surface area contributed by atoms with Crippen molar-refractivity contribution >= 4 is 9.84 Å². The van der Waals surface area contributed by atoms with E-state index in [-0.39, 0.29) is 5.92 Å². The van der Waals surface area contributed by atoms with Gasteiger partial charge in [-0.05, 0) is 17.5 Å². The van der Waals surface area contributed by atoms with Crippen molar-refractivity contribution in [3.63, 3.8) is 0 Å². The van der Waals surface area contributed by atoms with Crippen LogP contribution in [-0.2, 0) is 21.0 Å². The fraction of sp³-hybridized carbons (Fsp3) is 0.600. The quantitative estimate of drug-likeness (QED) is 0.860. The first kappa shape index (κ1) is 15.5. The van der Waals surface area contributed by atoms with E-state index in [9.17, 15) is 8.42 Å². The molecule has 20 heavy (non-hydrogen) atoms. The van der Waals surface area contributed by atoms with Crippen LogP contribution in [-0.4, -0.2) is 40.2 Å². The maximum Gasteiger partial charge on any atom is 0.151 e. The molecule has 1 fully saturated rings. The van der Waals surface area contributed by atoms with Gasteiger partial charge in [0, 0.05) is 31.2 Å². The molecule has 0 heterocycles. The van der Waals surface area contributed by atoms with Crippen molar-refractivity contribution in [3.8, 4) is 0 Å². The highest BCUT2D eigenvalue weighted by Gasteiger charge is 2.69. The van der Waals surface area contributed by atoms with Crippen LogP contribution in [0.2, 0.25) is 0 Å². The molecular formula is C15H23NO3S. The van der Waals surface area contributed by atoms with Crippen molar-refractivity contribution in [2.24, 2.45) is 11.1 Å². The highest BCUT2D eigenvalue weighted by atomic mass is 32.2. The van der Waals surface area contributed by atoms with E-state index in [0.29, 0.717) is 13.2 Å². The molecule has 0 aromatic heterocycles. The molecule has 0 saturated heterocycles. The predicted molar refractivity (Wildman–Crippen MR) is 80.6 cm³/mol. The van der Waals surface area contributed by atoms with Crippen molar-refractivity contribution in [3.05, 3.63) is 35.4 Å². The Morgan fingerprint density at radius 2 is 1.90 bits per heavy atom. The lowest BCUT2D eigenvalue weighted by atomic mass is 9.99. The third-order valence-corrected chi connectivity index (χ3v) is 6.05. The highest BCUT2D eigenvalue weighted by Crippen LogP contribution is 2.62. The number of sulfone groups is 1. The molecule has 1 saturated carbocycles. The van der Waals surface area contributed by atoms with Crippen LogP contribution < -0.4 is 5.73 Å². The summed E-state index contributed by atoms with van der Waals surface area (Å²) in [6.45, 7) is 2.79. The van der Waals surface area contributed by atoms with Crippen molar-refractivity contribution < 1.29 is 13.2 Å². The SMILES string of the molecule is CCc1ccc([C@H]2[C@@H](S(C)(=O)=O)[C@@]2(CN)COC)cc1. The lowest BCUT2D eigenvalue weighted by molar-refractivity contribution is 0.142. The Kier molecular flexibility index (Phi) is 4.23. The van der Waals surface area contributed by atoms with E-state index in [1.807, 2.05) is 12.1 Å². The van der Waals surface area contributed by atoms with Gasteiger partial charge in [-0.25, -0.2) is 8.42 Å². The van der Waals surface area contributed by atoms with Gasteiger partial charge in [0.15, 0.2) is 9.84 Å². The maximum absolute atomic E-state index is 12.0. The number of hydrogen-bond donors (Lipinski definition) is 1. The summed E-state index contributed by atoms with van der Waals surface area (Å²) >= 11 is 0. The van der Waals surface area contributed by atoms with Crippen LogP contribution in [0.25, 0.3) is 0 Å². The normalized spacial score (nSPS) is 29.4. The minimum Gasteiger partial charge on any atom is -0.384 e. The molecule has 1 aromatic rings. The number of methoxy groups -OCH3 is 1. The van der Waals surface area contributed by atoms with E-state index < -0.39 is 20.5 Å². The van der Waals surface area contributed by atoms with Gasteiger partial charge in [-0.15, -0.1) is 0 Å². The summed E-state index contributed by atoms with van der Waals surface area (Å²) in [5.74, 6) is -0.0617. The minimum absolute atomic E-state index is 0.0617. The van der Waals surface area contributed by atoms with Gasteiger partial charge in [0.05, 0.1) is 11.9 Å². The molecule has 5 heteroatoms. The molecule has 0 radical (unpaired) electrons. The van der Waals surface area contributed by atoms with E-state index in [4.69, 9.17) is 10.5 Å². The molecular weight excluding hydrogens is 274 g/mol. The van der Waals surface area contributed by atoms with Crippen LogP contribution in [0.1, 0.15) is 24.0 Å². The fourth-order valence-corrected chi connectivity index (χ4v) is 5.34.